The number of carbonyl (C=O) groups excluding carboxylic acids is 1. The van der Waals surface area contributed by atoms with Gasteiger partial charge in [-0.25, -0.2) is 8.42 Å². The summed E-state index contributed by atoms with van der Waals surface area (Å²) < 4.78 is 29.9. The van der Waals surface area contributed by atoms with Crippen LogP contribution in [0.1, 0.15) is 16.9 Å². The largest absolute Gasteiger partial charge is 0.468 e. The summed E-state index contributed by atoms with van der Waals surface area (Å²) in [6.07, 6.45) is 2.54. The molecule has 0 saturated carbocycles. The molecule has 1 aromatic carbocycles. The van der Waals surface area contributed by atoms with Crippen molar-refractivity contribution in [2.75, 3.05) is 12.8 Å². The number of nitrogens with zero attached hydrogens (tertiary/aromatic N) is 1. The average Bonchev–Trinajstić information content (AvgIpc) is 2.97. The number of hydrogen-bond donors (Lipinski definition) is 1. The molecule has 0 unspecified atom stereocenters. The molecule has 0 saturated heterocycles. The molecule has 2 rings (SSSR count). The lowest BCUT2D eigenvalue weighted by molar-refractivity contribution is -0.121. The fraction of sp³-hybridized carbons (Fsp3) is 0.312. The van der Waals surface area contributed by atoms with Gasteiger partial charge >= 0.3 is 0 Å². The van der Waals surface area contributed by atoms with Crippen LogP contribution in [0.2, 0.25) is 0 Å². The molecule has 0 aliphatic carbocycles. The van der Waals surface area contributed by atoms with Crippen LogP contribution >= 0.6 is 0 Å². The quantitative estimate of drug-likeness (QED) is 0.834. The van der Waals surface area contributed by atoms with E-state index in [1.54, 1.807) is 12.1 Å². The maximum atomic E-state index is 12.0. The van der Waals surface area contributed by atoms with Crippen molar-refractivity contribution in [1.82, 2.24) is 9.62 Å². The summed E-state index contributed by atoms with van der Waals surface area (Å²) in [6, 6.07) is 11.1. The summed E-state index contributed by atoms with van der Waals surface area (Å²) in [4.78, 5) is 12.0. The monoisotopic (exact) mass is 336 g/mol. The van der Waals surface area contributed by atoms with Gasteiger partial charge in [-0.15, -0.1) is 0 Å². The molecule has 0 atom stereocenters. The van der Waals surface area contributed by atoms with Gasteiger partial charge < -0.3 is 9.73 Å². The van der Waals surface area contributed by atoms with Gasteiger partial charge in [0.05, 0.1) is 25.6 Å². The van der Waals surface area contributed by atoms with Crippen LogP contribution in [-0.4, -0.2) is 31.4 Å². The molecule has 0 radical (unpaired) electrons. The summed E-state index contributed by atoms with van der Waals surface area (Å²) in [5, 5.41) is 2.73. The molecular weight excluding hydrogens is 316 g/mol. The van der Waals surface area contributed by atoms with Crippen LogP contribution in [0.4, 0.5) is 0 Å². The van der Waals surface area contributed by atoms with Crippen LogP contribution < -0.4 is 5.32 Å². The van der Waals surface area contributed by atoms with Gasteiger partial charge in [0.25, 0.3) is 0 Å². The molecule has 1 heterocycles. The molecule has 0 aliphatic rings. The summed E-state index contributed by atoms with van der Waals surface area (Å²) in [5.41, 5.74) is 2.07. The maximum Gasteiger partial charge on any atom is 0.235 e. The van der Waals surface area contributed by atoms with Crippen LogP contribution in [-0.2, 0) is 27.9 Å². The van der Waals surface area contributed by atoms with E-state index >= 15 is 0 Å². The van der Waals surface area contributed by atoms with E-state index in [0.717, 1.165) is 21.7 Å². The third-order valence-corrected chi connectivity index (χ3v) is 4.47. The number of amides is 1. The molecule has 1 amide bonds. The first-order valence-electron chi connectivity index (χ1n) is 7.14. The molecule has 0 aliphatic heterocycles. The van der Waals surface area contributed by atoms with Crippen molar-refractivity contribution in [1.29, 1.82) is 0 Å². The Bertz CT molecular complexity index is 754. The van der Waals surface area contributed by atoms with E-state index in [2.05, 4.69) is 5.32 Å². The first-order valence-corrected chi connectivity index (χ1v) is 8.99. The van der Waals surface area contributed by atoms with E-state index in [1.165, 1.54) is 6.26 Å². The molecule has 23 heavy (non-hydrogen) atoms. The van der Waals surface area contributed by atoms with E-state index in [9.17, 15) is 13.2 Å². The minimum atomic E-state index is -3.51. The second kappa shape index (κ2) is 7.43. The standard InChI is InChI=1S/C16H20N2O4S/c1-13-5-3-6-14(9-13)10-17-16(19)12-18(23(2,20)21)11-15-7-4-8-22-15/h3-9H,10-12H2,1-2H3,(H,17,19). The number of carbonyl (C=O) groups is 1. The molecule has 0 bridgehead atoms. The second-order valence-corrected chi connectivity index (χ2v) is 7.36. The number of hydrogen-bond acceptors (Lipinski definition) is 4. The van der Waals surface area contributed by atoms with Gasteiger partial charge in [0.2, 0.25) is 15.9 Å². The van der Waals surface area contributed by atoms with Crippen LogP contribution in [0.25, 0.3) is 0 Å². The van der Waals surface area contributed by atoms with Crippen molar-refractivity contribution in [3.05, 3.63) is 59.5 Å². The van der Waals surface area contributed by atoms with E-state index in [0.29, 0.717) is 12.3 Å². The Balaban J connectivity index is 1.95. The Labute approximate surface area is 136 Å². The van der Waals surface area contributed by atoms with Gasteiger partial charge in [-0.05, 0) is 24.6 Å². The first-order chi connectivity index (χ1) is 10.8. The minimum absolute atomic E-state index is 0.0314. The Morgan fingerprint density at radius 1 is 1.26 bits per heavy atom. The van der Waals surface area contributed by atoms with Crippen LogP contribution in [0.3, 0.4) is 0 Å². The van der Waals surface area contributed by atoms with Gasteiger partial charge in [-0.2, -0.15) is 4.31 Å². The zero-order valence-corrected chi connectivity index (χ0v) is 14.0. The highest BCUT2D eigenvalue weighted by Crippen LogP contribution is 2.09. The highest BCUT2D eigenvalue weighted by Gasteiger charge is 2.21. The molecule has 7 heteroatoms. The number of aryl methyl sites for hydroxylation is 1. The lowest BCUT2D eigenvalue weighted by Gasteiger charge is -2.18. The minimum Gasteiger partial charge on any atom is -0.468 e. The van der Waals surface area contributed by atoms with Crippen molar-refractivity contribution in [3.8, 4) is 0 Å². The number of rotatable bonds is 7. The Kier molecular flexibility index (Phi) is 5.57. The zero-order chi connectivity index (χ0) is 16.9. The van der Waals surface area contributed by atoms with E-state index in [-0.39, 0.29) is 19.0 Å². The number of nitrogens with one attached hydrogen (secondary N) is 1. The van der Waals surface area contributed by atoms with E-state index < -0.39 is 10.0 Å². The van der Waals surface area contributed by atoms with Crippen LogP contribution in [0.5, 0.6) is 0 Å². The lowest BCUT2D eigenvalue weighted by Crippen LogP contribution is -2.39. The molecular formula is C16H20N2O4S. The molecule has 6 nitrogen and oxygen atoms in total. The molecule has 0 spiro atoms. The SMILES string of the molecule is Cc1cccc(CNC(=O)CN(Cc2ccco2)S(C)(=O)=O)c1. The molecule has 1 aromatic heterocycles. The van der Waals surface area contributed by atoms with Gasteiger partial charge in [0.1, 0.15) is 5.76 Å². The van der Waals surface area contributed by atoms with Crippen molar-refractivity contribution in [2.24, 2.45) is 0 Å². The molecule has 2 aromatic rings. The van der Waals surface area contributed by atoms with Crippen molar-refractivity contribution < 1.29 is 17.6 Å². The second-order valence-electron chi connectivity index (χ2n) is 5.38. The van der Waals surface area contributed by atoms with Crippen molar-refractivity contribution >= 4 is 15.9 Å². The third kappa shape index (κ3) is 5.54. The topological polar surface area (TPSA) is 79.6 Å². The lowest BCUT2D eigenvalue weighted by atomic mass is 10.1. The highest BCUT2D eigenvalue weighted by molar-refractivity contribution is 7.88. The van der Waals surface area contributed by atoms with Crippen LogP contribution in [0.15, 0.2) is 47.1 Å². The molecule has 0 fully saturated rings. The van der Waals surface area contributed by atoms with Gasteiger partial charge in [0.15, 0.2) is 0 Å². The molecule has 1 N–H and O–H groups in total. The number of furan rings is 1. The van der Waals surface area contributed by atoms with E-state index in [1.807, 2.05) is 31.2 Å². The summed E-state index contributed by atoms with van der Waals surface area (Å²) in [6.45, 7) is 2.12. The Hall–Kier alpha value is -2.12. The fourth-order valence-corrected chi connectivity index (χ4v) is 2.82. The normalized spacial score (nSPS) is 11.6. The maximum absolute atomic E-state index is 12.0. The van der Waals surface area contributed by atoms with Crippen molar-refractivity contribution in [2.45, 2.75) is 20.0 Å². The highest BCUT2D eigenvalue weighted by atomic mass is 32.2. The predicted molar refractivity (Wildman–Crippen MR) is 87.0 cm³/mol. The predicted octanol–water partition coefficient (Wildman–Crippen LogP) is 1.67. The van der Waals surface area contributed by atoms with E-state index in [4.69, 9.17) is 4.42 Å². The number of benzene rings is 1. The smallest absolute Gasteiger partial charge is 0.235 e. The fourth-order valence-electron chi connectivity index (χ4n) is 2.11. The van der Waals surface area contributed by atoms with Crippen LogP contribution in [0, 0.1) is 6.92 Å². The summed E-state index contributed by atoms with van der Waals surface area (Å²) in [5.74, 6) is 0.130. The summed E-state index contributed by atoms with van der Waals surface area (Å²) in [7, 11) is -3.51. The zero-order valence-electron chi connectivity index (χ0n) is 13.2. The van der Waals surface area contributed by atoms with Crippen molar-refractivity contribution in [3.63, 3.8) is 0 Å². The van der Waals surface area contributed by atoms with Gasteiger partial charge in [0, 0.05) is 6.54 Å². The third-order valence-electron chi connectivity index (χ3n) is 3.27. The average molecular weight is 336 g/mol. The number of sulfonamides is 1. The first kappa shape index (κ1) is 17.2. The van der Waals surface area contributed by atoms with Gasteiger partial charge in [-0.3, -0.25) is 4.79 Å². The van der Waals surface area contributed by atoms with Gasteiger partial charge in [-0.1, -0.05) is 29.8 Å². The molecule has 124 valence electrons. The Morgan fingerprint density at radius 3 is 2.65 bits per heavy atom. The Morgan fingerprint density at radius 2 is 2.04 bits per heavy atom. The summed E-state index contributed by atoms with van der Waals surface area (Å²) >= 11 is 0.